The third-order valence-corrected chi connectivity index (χ3v) is 3.19. The number of carbonyl (C=O) groups excluding carboxylic acids is 1. The van der Waals surface area contributed by atoms with Crippen molar-refractivity contribution in [1.29, 1.82) is 0 Å². The first-order valence-electron chi connectivity index (χ1n) is 6.36. The minimum atomic E-state index is -0.417. The van der Waals surface area contributed by atoms with Crippen molar-refractivity contribution in [3.8, 4) is 0 Å². The van der Waals surface area contributed by atoms with Gasteiger partial charge in [0.15, 0.2) is 0 Å². The van der Waals surface area contributed by atoms with E-state index in [2.05, 4.69) is 12.2 Å². The molecule has 0 aromatic heterocycles. The first kappa shape index (κ1) is 15.0. The minimum absolute atomic E-state index is 0.0533. The van der Waals surface area contributed by atoms with Crippen molar-refractivity contribution in [3.63, 3.8) is 0 Å². The molecule has 0 saturated heterocycles. The molecule has 1 aromatic rings. The van der Waals surface area contributed by atoms with E-state index in [1.807, 2.05) is 31.2 Å². The lowest BCUT2D eigenvalue weighted by Gasteiger charge is -2.17. The van der Waals surface area contributed by atoms with Gasteiger partial charge in [-0.15, -0.1) is 0 Å². The average Bonchev–Trinajstić information content (AvgIpc) is 2.36. The fourth-order valence-electron chi connectivity index (χ4n) is 1.71. The lowest BCUT2D eigenvalue weighted by atomic mass is 10.1. The van der Waals surface area contributed by atoms with Crippen LogP contribution in [0.4, 0.5) is 0 Å². The maximum absolute atomic E-state index is 11.8. The molecule has 3 nitrogen and oxygen atoms in total. The van der Waals surface area contributed by atoms with Gasteiger partial charge in [0.2, 0.25) is 5.91 Å². The molecule has 1 rings (SSSR count). The van der Waals surface area contributed by atoms with Gasteiger partial charge < -0.3 is 11.1 Å². The summed E-state index contributed by atoms with van der Waals surface area (Å²) in [5.41, 5.74) is 6.84. The summed E-state index contributed by atoms with van der Waals surface area (Å²) in [6, 6.07) is 6.98. The molecular formula is C14H21ClN2O. The van der Waals surface area contributed by atoms with E-state index in [1.54, 1.807) is 0 Å². The van der Waals surface area contributed by atoms with E-state index in [9.17, 15) is 4.79 Å². The Bertz CT molecular complexity index is 378. The van der Waals surface area contributed by atoms with Crippen LogP contribution in [0.3, 0.4) is 0 Å². The zero-order valence-electron chi connectivity index (χ0n) is 10.9. The number of nitrogens with one attached hydrogen (secondary N) is 1. The van der Waals surface area contributed by atoms with E-state index in [4.69, 9.17) is 17.3 Å². The highest BCUT2D eigenvalue weighted by molar-refractivity contribution is 6.30. The largest absolute Gasteiger partial charge is 0.348 e. The van der Waals surface area contributed by atoms with Crippen molar-refractivity contribution in [3.05, 3.63) is 34.9 Å². The third kappa shape index (κ3) is 4.67. The molecule has 0 aliphatic rings. The molecule has 18 heavy (non-hydrogen) atoms. The Hall–Kier alpha value is -1.06. The zero-order valence-corrected chi connectivity index (χ0v) is 11.7. The Morgan fingerprint density at radius 2 is 2.00 bits per heavy atom. The number of rotatable bonds is 6. The van der Waals surface area contributed by atoms with Crippen LogP contribution < -0.4 is 11.1 Å². The van der Waals surface area contributed by atoms with Crippen molar-refractivity contribution in [1.82, 2.24) is 5.32 Å². The van der Waals surface area contributed by atoms with E-state index >= 15 is 0 Å². The number of amides is 1. The number of carbonyl (C=O) groups is 1. The predicted molar refractivity (Wildman–Crippen MR) is 75.5 cm³/mol. The first-order valence-corrected chi connectivity index (χ1v) is 6.73. The van der Waals surface area contributed by atoms with Crippen LogP contribution in [0.2, 0.25) is 5.02 Å². The molecule has 2 unspecified atom stereocenters. The molecule has 0 fully saturated rings. The molecule has 0 radical (unpaired) electrons. The van der Waals surface area contributed by atoms with E-state index in [0.29, 0.717) is 5.02 Å². The van der Waals surface area contributed by atoms with Crippen LogP contribution in [0.15, 0.2) is 24.3 Å². The summed E-state index contributed by atoms with van der Waals surface area (Å²) < 4.78 is 0. The van der Waals surface area contributed by atoms with Gasteiger partial charge in [-0.25, -0.2) is 0 Å². The van der Waals surface area contributed by atoms with E-state index in [1.165, 1.54) is 0 Å². The molecule has 0 heterocycles. The quantitative estimate of drug-likeness (QED) is 0.833. The highest BCUT2D eigenvalue weighted by atomic mass is 35.5. The Morgan fingerprint density at radius 1 is 1.39 bits per heavy atom. The number of unbranched alkanes of at least 4 members (excludes halogenated alkanes) is 1. The third-order valence-electron chi connectivity index (χ3n) is 2.93. The van der Waals surface area contributed by atoms with E-state index < -0.39 is 6.04 Å². The molecule has 0 saturated carbocycles. The Labute approximate surface area is 114 Å². The van der Waals surface area contributed by atoms with Crippen molar-refractivity contribution in [2.75, 3.05) is 0 Å². The molecule has 100 valence electrons. The van der Waals surface area contributed by atoms with E-state index in [-0.39, 0.29) is 11.9 Å². The maximum Gasteiger partial charge on any atom is 0.237 e. The second-order valence-corrected chi connectivity index (χ2v) is 4.97. The number of benzene rings is 1. The van der Waals surface area contributed by atoms with Gasteiger partial charge in [0.25, 0.3) is 0 Å². The van der Waals surface area contributed by atoms with Gasteiger partial charge in [-0.05, 0) is 31.0 Å². The molecule has 0 aliphatic carbocycles. The molecule has 4 heteroatoms. The molecule has 0 bridgehead atoms. The smallest absolute Gasteiger partial charge is 0.237 e. The van der Waals surface area contributed by atoms with Crippen LogP contribution in [0.25, 0.3) is 0 Å². The van der Waals surface area contributed by atoms with Gasteiger partial charge in [0.05, 0.1) is 12.1 Å². The fraction of sp³-hybridized carbons (Fsp3) is 0.500. The standard InChI is InChI=1S/C14H21ClN2O/c1-3-4-5-13(16)14(18)17-10(2)11-6-8-12(15)9-7-11/h6-10,13H,3-5,16H2,1-2H3,(H,17,18). The Balaban J connectivity index is 2.51. The molecule has 1 aromatic carbocycles. The summed E-state index contributed by atoms with van der Waals surface area (Å²) >= 11 is 5.82. The molecule has 1 amide bonds. The minimum Gasteiger partial charge on any atom is -0.348 e. The van der Waals surface area contributed by atoms with Gasteiger partial charge in [0, 0.05) is 5.02 Å². The molecular weight excluding hydrogens is 248 g/mol. The lowest BCUT2D eigenvalue weighted by molar-refractivity contribution is -0.123. The van der Waals surface area contributed by atoms with Gasteiger partial charge >= 0.3 is 0 Å². The number of nitrogens with two attached hydrogens (primary N) is 1. The number of halogens is 1. The van der Waals surface area contributed by atoms with Gasteiger partial charge in [-0.3, -0.25) is 4.79 Å². The summed E-state index contributed by atoms with van der Waals surface area (Å²) in [6.07, 6.45) is 2.76. The fourth-order valence-corrected chi connectivity index (χ4v) is 1.84. The predicted octanol–water partition coefficient (Wildman–Crippen LogP) is 3.03. The molecule has 3 N–H and O–H groups in total. The highest BCUT2D eigenvalue weighted by Gasteiger charge is 2.15. The van der Waals surface area contributed by atoms with Crippen LogP contribution >= 0.6 is 11.6 Å². The van der Waals surface area contributed by atoms with Crippen LogP contribution in [0, 0.1) is 0 Å². The number of hydrogen-bond acceptors (Lipinski definition) is 2. The summed E-state index contributed by atoms with van der Waals surface area (Å²) in [5, 5.41) is 3.61. The normalized spacial score (nSPS) is 14.0. The number of hydrogen-bond donors (Lipinski definition) is 2. The van der Waals surface area contributed by atoms with Crippen molar-refractivity contribution in [2.24, 2.45) is 5.73 Å². The van der Waals surface area contributed by atoms with Crippen molar-refractivity contribution >= 4 is 17.5 Å². The zero-order chi connectivity index (χ0) is 13.5. The second-order valence-electron chi connectivity index (χ2n) is 4.53. The molecule has 0 spiro atoms. The van der Waals surface area contributed by atoms with Crippen LogP contribution in [-0.4, -0.2) is 11.9 Å². The van der Waals surface area contributed by atoms with Gasteiger partial charge in [-0.1, -0.05) is 43.5 Å². The van der Waals surface area contributed by atoms with Crippen molar-refractivity contribution < 1.29 is 4.79 Å². The van der Waals surface area contributed by atoms with Crippen LogP contribution in [0.5, 0.6) is 0 Å². The summed E-state index contributed by atoms with van der Waals surface area (Å²) in [6.45, 7) is 4.02. The van der Waals surface area contributed by atoms with Crippen LogP contribution in [-0.2, 0) is 4.79 Å². The highest BCUT2D eigenvalue weighted by Crippen LogP contribution is 2.16. The van der Waals surface area contributed by atoms with Crippen LogP contribution in [0.1, 0.15) is 44.7 Å². The summed E-state index contributed by atoms with van der Waals surface area (Å²) in [5.74, 6) is -0.0918. The first-order chi connectivity index (χ1) is 8.54. The topological polar surface area (TPSA) is 55.1 Å². The average molecular weight is 269 g/mol. The van der Waals surface area contributed by atoms with E-state index in [0.717, 1.165) is 24.8 Å². The lowest BCUT2D eigenvalue weighted by Crippen LogP contribution is -2.41. The maximum atomic E-state index is 11.8. The van der Waals surface area contributed by atoms with Crippen molar-refractivity contribution in [2.45, 2.75) is 45.2 Å². The summed E-state index contributed by atoms with van der Waals surface area (Å²) in [4.78, 5) is 11.8. The SMILES string of the molecule is CCCCC(N)C(=O)NC(C)c1ccc(Cl)cc1. The Morgan fingerprint density at radius 3 is 2.56 bits per heavy atom. The molecule has 2 atom stereocenters. The van der Waals surface area contributed by atoms with Gasteiger partial charge in [0.1, 0.15) is 0 Å². The summed E-state index contributed by atoms with van der Waals surface area (Å²) in [7, 11) is 0. The second kappa shape index (κ2) is 7.39. The molecule has 0 aliphatic heterocycles. The monoisotopic (exact) mass is 268 g/mol. The Kier molecular flexibility index (Phi) is 6.16. The van der Waals surface area contributed by atoms with Gasteiger partial charge in [-0.2, -0.15) is 0 Å².